The minimum Gasteiger partial charge on any atom is -0.327 e. The van der Waals surface area contributed by atoms with E-state index in [1.807, 2.05) is 13.8 Å². The van der Waals surface area contributed by atoms with Crippen LogP contribution in [0.25, 0.3) is 0 Å². The van der Waals surface area contributed by atoms with Gasteiger partial charge < -0.3 is 5.73 Å². The van der Waals surface area contributed by atoms with Crippen LogP contribution in [0.4, 0.5) is 4.39 Å². The zero-order valence-corrected chi connectivity index (χ0v) is 14.9. The molecule has 1 fully saturated rings. The molecular weight excluding hydrogens is 383 g/mol. The second kappa shape index (κ2) is 5.77. The van der Waals surface area contributed by atoms with Crippen molar-refractivity contribution in [1.82, 2.24) is 4.31 Å². The fraction of sp³-hybridized carbons (Fsp3) is 0.538. The van der Waals surface area contributed by atoms with E-state index in [1.54, 1.807) is 0 Å². The Balaban J connectivity index is 2.42. The van der Waals surface area contributed by atoms with Gasteiger partial charge in [0.05, 0.1) is 5.02 Å². The Kier molecular flexibility index (Phi) is 4.71. The third-order valence-corrected chi connectivity index (χ3v) is 6.93. The van der Waals surface area contributed by atoms with Gasteiger partial charge >= 0.3 is 0 Å². The molecule has 1 unspecified atom stereocenters. The molecule has 0 saturated carbocycles. The van der Waals surface area contributed by atoms with Crippen LogP contribution in [0.5, 0.6) is 0 Å². The number of nitrogens with two attached hydrogens (primary N) is 1. The molecule has 21 heavy (non-hydrogen) atoms. The lowest BCUT2D eigenvalue weighted by Crippen LogP contribution is -2.53. The van der Waals surface area contributed by atoms with E-state index in [1.165, 1.54) is 4.31 Å². The molecule has 0 amide bonds. The number of hydrogen-bond acceptors (Lipinski definition) is 3. The Bertz CT molecular complexity index is 666. The van der Waals surface area contributed by atoms with Gasteiger partial charge in [0.25, 0.3) is 0 Å². The third-order valence-electron chi connectivity index (χ3n) is 3.87. The second-order valence-corrected chi connectivity index (χ2v) is 9.09. The van der Waals surface area contributed by atoms with Crippen LogP contribution in [0.15, 0.2) is 21.5 Å². The summed E-state index contributed by atoms with van der Waals surface area (Å²) in [6.07, 6.45) is 0.540. The van der Waals surface area contributed by atoms with Gasteiger partial charge in [0.2, 0.25) is 10.0 Å². The predicted molar refractivity (Wildman–Crippen MR) is 84.2 cm³/mol. The van der Waals surface area contributed by atoms with E-state index >= 15 is 0 Å². The highest BCUT2D eigenvalue weighted by Crippen LogP contribution is 2.34. The van der Waals surface area contributed by atoms with Gasteiger partial charge in [-0.25, -0.2) is 12.8 Å². The van der Waals surface area contributed by atoms with Crippen LogP contribution in [0.2, 0.25) is 5.02 Å². The molecule has 8 heteroatoms. The van der Waals surface area contributed by atoms with Crippen LogP contribution in [-0.4, -0.2) is 31.9 Å². The summed E-state index contributed by atoms with van der Waals surface area (Å²) >= 11 is 8.97. The van der Waals surface area contributed by atoms with E-state index in [2.05, 4.69) is 15.9 Å². The highest BCUT2D eigenvalue weighted by atomic mass is 79.9. The first kappa shape index (κ1) is 17.1. The molecule has 0 spiro atoms. The molecule has 0 aliphatic carbocycles. The van der Waals surface area contributed by atoms with Crippen molar-refractivity contribution in [3.63, 3.8) is 0 Å². The van der Waals surface area contributed by atoms with Gasteiger partial charge in [0.15, 0.2) is 0 Å². The van der Waals surface area contributed by atoms with Crippen LogP contribution in [0, 0.1) is 11.2 Å². The van der Waals surface area contributed by atoms with Gasteiger partial charge in [-0.05, 0) is 39.9 Å². The lowest BCUT2D eigenvalue weighted by molar-refractivity contribution is 0.155. The molecule has 2 N–H and O–H groups in total. The van der Waals surface area contributed by atoms with Crippen LogP contribution in [0.1, 0.15) is 20.3 Å². The van der Waals surface area contributed by atoms with Crippen LogP contribution >= 0.6 is 27.5 Å². The zero-order chi connectivity index (χ0) is 16.0. The van der Waals surface area contributed by atoms with E-state index in [0.717, 1.165) is 12.1 Å². The van der Waals surface area contributed by atoms with Crippen molar-refractivity contribution in [2.75, 3.05) is 13.1 Å². The zero-order valence-electron chi connectivity index (χ0n) is 11.7. The quantitative estimate of drug-likeness (QED) is 0.778. The van der Waals surface area contributed by atoms with Gasteiger partial charge in [0.1, 0.15) is 10.7 Å². The number of piperidine rings is 1. The van der Waals surface area contributed by atoms with E-state index in [0.29, 0.717) is 10.9 Å². The van der Waals surface area contributed by atoms with Crippen LogP contribution in [-0.2, 0) is 10.0 Å². The molecular formula is C13H17BrClFN2O2S. The highest BCUT2D eigenvalue weighted by Gasteiger charge is 2.39. The Labute approximate surface area is 137 Å². The minimum atomic E-state index is -3.93. The maximum absolute atomic E-state index is 14.0. The summed E-state index contributed by atoms with van der Waals surface area (Å²) in [6.45, 7) is 4.35. The maximum Gasteiger partial charge on any atom is 0.246 e. The normalized spacial score (nSPS) is 23.2. The smallest absolute Gasteiger partial charge is 0.246 e. The molecule has 1 aliphatic heterocycles. The summed E-state index contributed by atoms with van der Waals surface area (Å²) in [5.41, 5.74) is 5.65. The minimum absolute atomic E-state index is 0.0812. The highest BCUT2D eigenvalue weighted by molar-refractivity contribution is 9.10. The van der Waals surface area contributed by atoms with Gasteiger partial charge in [-0.2, -0.15) is 4.31 Å². The van der Waals surface area contributed by atoms with Crippen molar-refractivity contribution < 1.29 is 12.8 Å². The summed E-state index contributed by atoms with van der Waals surface area (Å²) in [6, 6.07) is 2.12. The number of benzene rings is 1. The third kappa shape index (κ3) is 3.27. The SMILES string of the molecule is CC1(C)CN(S(=O)(=O)c2cc(Cl)c(Br)cc2F)CCC1N. The number of halogens is 3. The molecule has 118 valence electrons. The van der Waals surface area contributed by atoms with Gasteiger partial charge in [-0.1, -0.05) is 25.4 Å². The van der Waals surface area contributed by atoms with Gasteiger partial charge in [0, 0.05) is 23.6 Å². The molecule has 1 atom stereocenters. The monoisotopic (exact) mass is 398 g/mol. The van der Waals surface area contributed by atoms with Crippen molar-refractivity contribution in [1.29, 1.82) is 0 Å². The summed E-state index contributed by atoms with van der Waals surface area (Å²) in [7, 11) is -3.93. The molecule has 1 heterocycles. The van der Waals surface area contributed by atoms with E-state index < -0.39 is 20.7 Å². The molecule has 1 saturated heterocycles. The Morgan fingerprint density at radius 1 is 1.48 bits per heavy atom. The topological polar surface area (TPSA) is 63.4 Å². The average Bonchev–Trinajstić information content (AvgIpc) is 2.36. The lowest BCUT2D eigenvalue weighted by Gasteiger charge is -2.41. The summed E-state index contributed by atoms with van der Waals surface area (Å²) in [5, 5.41) is 0.156. The summed E-state index contributed by atoms with van der Waals surface area (Å²) < 4.78 is 40.9. The number of hydrogen-bond donors (Lipinski definition) is 1. The van der Waals surface area contributed by atoms with Crippen LogP contribution < -0.4 is 5.73 Å². The van der Waals surface area contributed by atoms with Crippen molar-refractivity contribution >= 4 is 37.6 Å². The number of nitrogens with zero attached hydrogens (tertiary/aromatic N) is 1. The average molecular weight is 400 g/mol. The molecule has 4 nitrogen and oxygen atoms in total. The molecule has 1 aliphatic rings. The fourth-order valence-corrected chi connectivity index (χ4v) is 4.61. The fourth-order valence-electron chi connectivity index (χ4n) is 2.37. The van der Waals surface area contributed by atoms with E-state index in [4.69, 9.17) is 17.3 Å². The first-order valence-corrected chi connectivity index (χ1v) is 9.07. The largest absolute Gasteiger partial charge is 0.327 e. The number of rotatable bonds is 2. The molecule has 0 bridgehead atoms. The Morgan fingerprint density at radius 2 is 2.10 bits per heavy atom. The number of sulfonamides is 1. The summed E-state index contributed by atoms with van der Waals surface area (Å²) in [4.78, 5) is -0.401. The second-order valence-electron chi connectivity index (χ2n) is 5.92. The van der Waals surface area contributed by atoms with Crippen molar-refractivity contribution in [3.8, 4) is 0 Å². The first-order chi connectivity index (χ1) is 9.55. The first-order valence-electron chi connectivity index (χ1n) is 6.46. The maximum atomic E-state index is 14.0. The van der Waals surface area contributed by atoms with E-state index in [-0.39, 0.29) is 29.6 Å². The standard InChI is InChI=1S/C13H17BrClFN2O2S/c1-13(2)7-18(4-3-12(13)17)21(19,20)11-6-9(15)8(14)5-10(11)16/h5-6,12H,3-4,7,17H2,1-2H3. The predicted octanol–water partition coefficient (Wildman–Crippen LogP) is 2.99. The van der Waals surface area contributed by atoms with Crippen LogP contribution in [0.3, 0.4) is 0 Å². The molecule has 0 aromatic heterocycles. The molecule has 2 rings (SSSR count). The van der Waals surface area contributed by atoms with E-state index in [9.17, 15) is 12.8 Å². The molecule has 1 aromatic carbocycles. The summed E-state index contributed by atoms with van der Waals surface area (Å²) in [5.74, 6) is -0.820. The van der Waals surface area contributed by atoms with Gasteiger partial charge in [-0.15, -0.1) is 0 Å². The van der Waals surface area contributed by atoms with Gasteiger partial charge in [-0.3, -0.25) is 0 Å². The lowest BCUT2D eigenvalue weighted by atomic mass is 9.81. The van der Waals surface area contributed by atoms with Crippen molar-refractivity contribution in [3.05, 3.63) is 27.4 Å². The van der Waals surface area contributed by atoms with Crippen molar-refractivity contribution in [2.24, 2.45) is 11.1 Å². The molecule has 0 radical (unpaired) electrons. The Hall–Kier alpha value is -0.210. The Morgan fingerprint density at radius 3 is 2.67 bits per heavy atom. The molecule has 1 aromatic rings. The van der Waals surface area contributed by atoms with Crippen molar-refractivity contribution in [2.45, 2.75) is 31.2 Å².